The smallest absolute Gasteiger partial charge is 0.340 e. The Bertz CT molecular complexity index is 1030. The number of nitrogen functional groups attached to an aromatic ring is 1. The SMILES string of the molecule is CN(C)S(=O)(=O)c1cc(NC(=O)COC(=O)c2ccc(Cl)cc2N)ccc1Cl. The van der Waals surface area contributed by atoms with Crippen molar-refractivity contribution in [1.82, 2.24) is 4.31 Å². The maximum Gasteiger partial charge on any atom is 0.340 e. The molecule has 0 aromatic heterocycles. The van der Waals surface area contributed by atoms with Crippen LogP contribution < -0.4 is 11.1 Å². The number of nitrogens with one attached hydrogen (secondary N) is 1. The fourth-order valence-electron chi connectivity index (χ4n) is 2.10. The lowest BCUT2D eigenvalue weighted by molar-refractivity contribution is -0.119. The molecule has 0 atom stereocenters. The van der Waals surface area contributed by atoms with E-state index in [2.05, 4.69) is 5.32 Å². The normalized spacial score (nSPS) is 11.3. The van der Waals surface area contributed by atoms with Crippen LogP contribution in [-0.4, -0.2) is 45.3 Å². The molecule has 0 aliphatic carbocycles. The first kappa shape index (κ1) is 22.0. The van der Waals surface area contributed by atoms with E-state index in [0.717, 1.165) is 4.31 Å². The van der Waals surface area contributed by atoms with E-state index >= 15 is 0 Å². The van der Waals surface area contributed by atoms with Gasteiger partial charge in [0.15, 0.2) is 6.61 Å². The van der Waals surface area contributed by atoms with Gasteiger partial charge in [0.25, 0.3) is 5.91 Å². The number of hydrogen-bond donors (Lipinski definition) is 2. The van der Waals surface area contributed by atoms with Gasteiger partial charge >= 0.3 is 5.97 Å². The molecular formula is C17H17Cl2N3O5S. The molecule has 0 aliphatic rings. The van der Waals surface area contributed by atoms with Crippen molar-refractivity contribution in [1.29, 1.82) is 0 Å². The molecule has 3 N–H and O–H groups in total. The standard InChI is InChI=1S/C17H17Cl2N3O5S/c1-22(2)28(25,26)15-8-11(4-6-13(15)19)21-16(23)9-27-17(24)12-5-3-10(18)7-14(12)20/h3-8H,9,20H2,1-2H3,(H,21,23). The number of sulfonamides is 1. The number of halogens is 2. The number of rotatable bonds is 6. The second kappa shape index (κ2) is 8.78. The lowest BCUT2D eigenvalue weighted by Crippen LogP contribution is -2.24. The summed E-state index contributed by atoms with van der Waals surface area (Å²) < 4.78 is 30.4. The molecule has 0 unspecified atom stereocenters. The van der Waals surface area contributed by atoms with Crippen molar-refractivity contribution in [3.05, 3.63) is 52.0 Å². The number of nitrogens with zero attached hydrogens (tertiary/aromatic N) is 1. The quantitative estimate of drug-likeness (QED) is 0.520. The van der Waals surface area contributed by atoms with Gasteiger partial charge in [0.2, 0.25) is 10.0 Å². The molecule has 150 valence electrons. The molecule has 0 aliphatic heterocycles. The molecule has 28 heavy (non-hydrogen) atoms. The largest absolute Gasteiger partial charge is 0.452 e. The van der Waals surface area contributed by atoms with E-state index in [0.29, 0.717) is 5.02 Å². The van der Waals surface area contributed by atoms with Gasteiger partial charge in [0, 0.05) is 30.5 Å². The molecule has 2 aromatic rings. The van der Waals surface area contributed by atoms with E-state index in [1.54, 1.807) is 0 Å². The Kier molecular flexibility index (Phi) is 6.89. The number of hydrogen-bond acceptors (Lipinski definition) is 6. The third-order valence-electron chi connectivity index (χ3n) is 3.54. The highest BCUT2D eigenvalue weighted by Gasteiger charge is 2.21. The predicted molar refractivity (Wildman–Crippen MR) is 107 cm³/mol. The van der Waals surface area contributed by atoms with Crippen molar-refractivity contribution in [2.45, 2.75) is 4.90 Å². The maximum atomic E-state index is 12.3. The van der Waals surface area contributed by atoms with Crippen LogP contribution in [0.4, 0.5) is 11.4 Å². The van der Waals surface area contributed by atoms with Crippen LogP contribution in [0.1, 0.15) is 10.4 Å². The van der Waals surface area contributed by atoms with Crippen LogP contribution in [0.5, 0.6) is 0 Å². The number of anilines is 2. The second-order valence-corrected chi connectivity index (χ2v) is 8.75. The van der Waals surface area contributed by atoms with Gasteiger partial charge in [-0.25, -0.2) is 17.5 Å². The minimum Gasteiger partial charge on any atom is -0.452 e. The minimum absolute atomic E-state index is 0.0105. The van der Waals surface area contributed by atoms with Gasteiger partial charge in [-0.15, -0.1) is 0 Å². The van der Waals surface area contributed by atoms with Crippen LogP contribution in [-0.2, 0) is 19.6 Å². The van der Waals surface area contributed by atoms with Crippen LogP contribution in [0, 0.1) is 0 Å². The van der Waals surface area contributed by atoms with Gasteiger partial charge in [0.1, 0.15) is 4.90 Å². The fraction of sp³-hybridized carbons (Fsp3) is 0.176. The van der Waals surface area contributed by atoms with Gasteiger partial charge in [0.05, 0.1) is 10.6 Å². The van der Waals surface area contributed by atoms with Crippen LogP contribution in [0.25, 0.3) is 0 Å². The lowest BCUT2D eigenvalue weighted by atomic mass is 10.2. The summed E-state index contributed by atoms with van der Waals surface area (Å²) in [4.78, 5) is 23.9. The van der Waals surface area contributed by atoms with Gasteiger partial charge in [-0.1, -0.05) is 23.2 Å². The molecule has 0 bridgehead atoms. The molecule has 8 nitrogen and oxygen atoms in total. The summed E-state index contributed by atoms with van der Waals surface area (Å²) in [5.74, 6) is -1.47. The summed E-state index contributed by atoms with van der Waals surface area (Å²) >= 11 is 11.7. The highest BCUT2D eigenvalue weighted by Crippen LogP contribution is 2.27. The Hall–Kier alpha value is -2.33. The number of benzene rings is 2. The summed E-state index contributed by atoms with van der Waals surface area (Å²) in [6.45, 7) is -0.598. The van der Waals surface area contributed by atoms with E-state index in [4.69, 9.17) is 33.7 Å². The van der Waals surface area contributed by atoms with E-state index < -0.39 is 28.5 Å². The van der Waals surface area contributed by atoms with Crippen molar-refractivity contribution in [3.8, 4) is 0 Å². The summed E-state index contributed by atoms with van der Waals surface area (Å²) in [6.07, 6.45) is 0. The third kappa shape index (κ3) is 5.14. The highest BCUT2D eigenvalue weighted by molar-refractivity contribution is 7.89. The summed E-state index contributed by atoms with van der Waals surface area (Å²) in [7, 11) is -1.08. The van der Waals surface area contributed by atoms with Crippen molar-refractivity contribution < 1.29 is 22.7 Å². The second-order valence-electron chi connectivity index (χ2n) is 5.79. The zero-order chi connectivity index (χ0) is 21.1. The van der Waals surface area contributed by atoms with E-state index in [-0.39, 0.29) is 26.9 Å². The Morgan fingerprint density at radius 2 is 1.82 bits per heavy atom. The minimum atomic E-state index is -3.80. The number of carbonyl (C=O) groups excluding carboxylic acids is 2. The molecule has 0 radical (unpaired) electrons. The zero-order valence-corrected chi connectivity index (χ0v) is 17.2. The van der Waals surface area contributed by atoms with Crippen LogP contribution in [0.2, 0.25) is 10.0 Å². The molecule has 0 heterocycles. The molecule has 0 saturated carbocycles. The van der Waals surface area contributed by atoms with Crippen molar-refractivity contribution >= 4 is 56.5 Å². The Morgan fingerprint density at radius 3 is 2.43 bits per heavy atom. The van der Waals surface area contributed by atoms with Crippen LogP contribution >= 0.6 is 23.2 Å². The van der Waals surface area contributed by atoms with Crippen molar-refractivity contribution in [2.75, 3.05) is 31.8 Å². The van der Waals surface area contributed by atoms with E-state index in [9.17, 15) is 18.0 Å². The first-order chi connectivity index (χ1) is 13.0. The van der Waals surface area contributed by atoms with Crippen LogP contribution in [0.3, 0.4) is 0 Å². The lowest BCUT2D eigenvalue weighted by Gasteiger charge is -2.14. The number of nitrogens with two attached hydrogens (primary N) is 1. The number of esters is 1. The highest BCUT2D eigenvalue weighted by atomic mass is 35.5. The topological polar surface area (TPSA) is 119 Å². The fourth-order valence-corrected chi connectivity index (χ4v) is 3.68. The Morgan fingerprint density at radius 1 is 1.14 bits per heavy atom. The first-order valence-corrected chi connectivity index (χ1v) is 9.96. The maximum absolute atomic E-state index is 12.3. The van der Waals surface area contributed by atoms with Crippen LogP contribution in [0.15, 0.2) is 41.3 Å². The summed E-state index contributed by atoms with van der Waals surface area (Å²) in [5, 5.41) is 2.81. The number of carbonyl (C=O) groups is 2. The molecule has 0 spiro atoms. The Labute approximate surface area is 172 Å². The van der Waals surface area contributed by atoms with Gasteiger partial charge in [-0.05, 0) is 36.4 Å². The van der Waals surface area contributed by atoms with Gasteiger partial charge in [-0.3, -0.25) is 4.79 Å². The molecular weight excluding hydrogens is 429 g/mol. The molecule has 0 saturated heterocycles. The van der Waals surface area contributed by atoms with Crippen molar-refractivity contribution in [3.63, 3.8) is 0 Å². The van der Waals surface area contributed by atoms with E-state index in [1.807, 2.05) is 0 Å². The average molecular weight is 446 g/mol. The average Bonchev–Trinajstić information content (AvgIpc) is 2.61. The molecule has 2 aromatic carbocycles. The summed E-state index contributed by atoms with van der Waals surface area (Å²) in [5.41, 5.74) is 6.06. The first-order valence-electron chi connectivity index (χ1n) is 7.76. The monoisotopic (exact) mass is 445 g/mol. The molecule has 11 heteroatoms. The molecule has 0 fully saturated rings. The van der Waals surface area contributed by atoms with Gasteiger partial charge < -0.3 is 15.8 Å². The third-order valence-corrected chi connectivity index (χ3v) is 6.07. The number of ether oxygens (including phenoxy) is 1. The Balaban J connectivity index is 2.06. The number of amides is 1. The van der Waals surface area contributed by atoms with E-state index in [1.165, 1.54) is 50.5 Å². The zero-order valence-electron chi connectivity index (χ0n) is 14.9. The molecule has 1 amide bonds. The van der Waals surface area contributed by atoms with Gasteiger partial charge in [-0.2, -0.15) is 0 Å². The summed E-state index contributed by atoms with van der Waals surface area (Å²) in [6, 6.07) is 8.22. The van der Waals surface area contributed by atoms with Crippen molar-refractivity contribution in [2.24, 2.45) is 0 Å². The molecule has 2 rings (SSSR count). The predicted octanol–water partition coefficient (Wildman–Crippen LogP) is 2.62.